The third-order valence-electron chi connectivity index (χ3n) is 1.76. The van der Waals surface area contributed by atoms with E-state index in [1.807, 2.05) is 0 Å². The average Bonchev–Trinajstić information content (AvgIpc) is 2.26. The Bertz CT molecular complexity index is 470. The van der Waals surface area contributed by atoms with Crippen molar-refractivity contribution in [3.63, 3.8) is 0 Å². The van der Waals surface area contributed by atoms with E-state index >= 15 is 0 Å². The fraction of sp³-hybridized carbons (Fsp3) is 0.250. The van der Waals surface area contributed by atoms with E-state index in [0.717, 1.165) is 7.11 Å². The van der Waals surface area contributed by atoms with Crippen molar-refractivity contribution in [2.75, 3.05) is 7.11 Å². The maximum Gasteiger partial charge on any atom is 0.309 e. The minimum atomic E-state index is -2.97. The second-order valence-electron chi connectivity index (χ2n) is 2.61. The van der Waals surface area contributed by atoms with Crippen molar-refractivity contribution in [1.82, 2.24) is 4.98 Å². The van der Waals surface area contributed by atoms with Crippen molar-refractivity contribution in [2.45, 2.75) is 6.43 Å². The number of nitrogens with zero attached hydrogens (tertiary/aromatic N) is 3. The molecule has 0 amide bonds. The lowest BCUT2D eigenvalue weighted by molar-refractivity contribution is -0.385. The molecule has 0 saturated heterocycles. The van der Waals surface area contributed by atoms with Crippen LogP contribution in [0.1, 0.15) is 17.7 Å². The number of pyridine rings is 1. The van der Waals surface area contributed by atoms with Crippen LogP contribution in [0, 0.1) is 21.4 Å². The quantitative estimate of drug-likeness (QED) is 0.582. The van der Waals surface area contributed by atoms with Crippen LogP contribution in [0.2, 0.25) is 0 Å². The molecule has 0 fully saturated rings. The minimum absolute atomic E-state index is 0.558. The molecule has 0 aliphatic carbocycles. The normalized spacial score (nSPS) is 9.94. The van der Waals surface area contributed by atoms with Crippen LogP contribution in [-0.4, -0.2) is 17.0 Å². The molecular weight excluding hydrogens is 224 g/mol. The van der Waals surface area contributed by atoms with Crippen LogP contribution in [-0.2, 0) is 0 Å². The summed E-state index contributed by atoms with van der Waals surface area (Å²) in [7, 11) is 1.04. The predicted molar refractivity (Wildman–Crippen MR) is 47.1 cm³/mol. The molecule has 0 N–H and O–H groups in total. The number of halogens is 2. The Balaban J connectivity index is 3.54. The van der Waals surface area contributed by atoms with Gasteiger partial charge in [-0.25, -0.2) is 13.8 Å². The van der Waals surface area contributed by atoms with Crippen LogP contribution >= 0.6 is 0 Å². The van der Waals surface area contributed by atoms with E-state index in [0.29, 0.717) is 6.20 Å². The molecular formula is C8H5F2N3O3. The maximum absolute atomic E-state index is 12.4. The van der Waals surface area contributed by atoms with Crippen LogP contribution in [0.25, 0.3) is 0 Å². The van der Waals surface area contributed by atoms with E-state index in [1.54, 1.807) is 0 Å². The highest BCUT2D eigenvalue weighted by molar-refractivity contribution is 5.57. The van der Waals surface area contributed by atoms with Gasteiger partial charge in [0.25, 0.3) is 6.43 Å². The number of hydrogen-bond acceptors (Lipinski definition) is 5. The van der Waals surface area contributed by atoms with E-state index in [-0.39, 0.29) is 0 Å². The first-order valence-electron chi connectivity index (χ1n) is 3.92. The van der Waals surface area contributed by atoms with Gasteiger partial charge in [-0.15, -0.1) is 0 Å². The van der Waals surface area contributed by atoms with Gasteiger partial charge in [-0.2, -0.15) is 5.26 Å². The molecule has 1 aromatic rings. The van der Waals surface area contributed by atoms with Crippen LogP contribution < -0.4 is 4.74 Å². The summed E-state index contributed by atoms with van der Waals surface area (Å²) in [5.74, 6) is -0.563. The third kappa shape index (κ3) is 1.88. The Kier molecular flexibility index (Phi) is 3.30. The molecule has 0 aliphatic heterocycles. The van der Waals surface area contributed by atoms with Gasteiger partial charge >= 0.3 is 5.69 Å². The Hall–Kier alpha value is -2.30. The smallest absolute Gasteiger partial charge is 0.309 e. The van der Waals surface area contributed by atoms with Gasteiger partial charge in [0.15, 0.2) is 11.3 Å². The first kappa shape index (κ1) is 11.8. The van der Waals surface area contributed by atoms with Gasteiger partial charge in [-0.1, -0.05) is 0 Å². The number of alkyl halides is 2. The van der Waals surface area contributed by atoms with Crippen LogP contribution in [0.4, 0.5) is 14.5 Å². The Morgan fingerprint density at radius 1 is 1.69 bits per heavy atom. The van der Waals surface area contributed by atoms with Crippen LogP contribution in [0.15, 0.2) is 6.20 Å². The molecule has 16 heavy (non-hydrogen) atoms. The molecule has 0 atom stereocenters. The minimum Gasteiger partial charge on any atom is -0.493 e. The van der Waals surface area contributed by atoms with Crippen molar-refractivity contribution in [3.05, 3.63) is 27.6 Å². The highest BCUT2D eigenvalue weighted by Gasteiger charge is 2.26. The summed E-state index contributed by atoms with van der Waals surface area (Å²) in [5.41, 5.74) is -2.01. The van der Waals surface area contributed by atoms with Gasteiger partial charge in [0.05, 0.1) is 12.0 Å². The molecule has 1 rings (SSSR count). The van der Waals surface area contributed by atoms with Gasteiger partial charge in [0, 0.05) is 0 Å². The number of nitriles is 1. The van der Waals surface area contributed by atoms with Gasteiger partial charge in [0.2, 0.25) is 0 Å². The molecule has 0 unspecified atom stereocenters. The summed E-state index contributed by atoms with van der Waals surface area (Å²) in [6, 6.07) is 1.45. The number of ether oxygens (including phenoxy) is 1. The van der Waals surface area contributed by atoms with E-state index < -0.39 is 34.0 Å². The van der Waals surface area contributed by atoms with Gasteiger partial charge < -0.3 is 4.74 Å². The summed E-state index contributed by atoms with van der Waals surface area (Å²) in [6.07, 6.45) is -2.36. The van der Waals surface area contributed by atoms with Crippen LogP contribution in [0.3, 0.4) is 0 Å². The molecule has 0 saturated carbocycles. The summed E-state index contributed by atoms with van der Waals surface area (Å²) in [6.45, 7) is 0. The lowest BCUT2D eigenvalue weighted by atomic mass is 10.2. The number of rotatable bonds is 3. The molecule has 1 heterocycles. The lowest BCUT2D eigenvalue weighted by Crippen LogP contribution is -2.03. The van der Waals surface area contributed by atoms with E-state index in [9.17, 15) is 18.9 Å². The maximum atomic E-state index is 12.4. The van der Waals surface area contributed by atoms with Crippen molar-refractivity contribution >= 4 is 5.69 Å². The van der Waals surface area contributed by atoms with E-state index in [2.05, 4.69) is 9.72 Å². The molecule has 6 nitrogen and oxygen atoms in total. The predicted octanol–water partition coefficient (Wildman–Crippen LogP) is 1.81. The fourth-order valence-corrected chi connectivity index (χ4v) is 1.11. The molecule has 0 aliphatic rings. The molecule has 0 bridgehead atoms. The molecule has 84 valence electrons. The Morgan fingerprint density at radius 3 is 2.69 bits per heavy atom. The van der Waals surface area contributed by atoms with Crippen molar-refractivity contribution in [1.29, 1.82) is 5.26 Å². The average molecular weight is 229 g/mol. The summed E-state index contributed by atoms with van der Waals surface area (Å²) < 4.78 is 29.4. The van der Waals surface area contributed by atoms with Crippen molar-refractivity contribution in [3.8, 4) is 11.8 Å². The first-order valence-corrected chi connectivity index (χ1v) is 3.92. The molecule has 0 spiro atoms. The highest BCUT2D eigenvalue weighted by Crippen LogP contribution is 2.34. The van der Waals surface area contributed by atoms with Crippen molar-refractivity contribution < 1.29 is 18.4 Å². The first-order chi connectivity index (χ1) is 7.52. The summed E-state index contributed by atoms with van der Waals surface area (Å²) >= 11 is 0. The second-order valence-corrected chi connectivity index (χ2v) is 2.61. The zero-order valence-corrected chi connectivity index (χ0v) is 7.98. The SMILES string of the molecule is COc1c(C(F)F)ncc([N+](=O)[O-])c1C#N. The molecule has 8 heteroatoms. The Morgan fingerprint density at radius 2 is 2.31 bits per heavy atom. The lowest BCUT2D eigenvalue weighted by Gasteiger charge is -2.07. The Labute approximate surface area is 88.2 Å². The monoisotopic (exact) mass is 229 g/mol. The van der Waals surface area contributed by atoms with Crippen LogP contribution in [0.5, 0.6) is 5.75 Å². The standard InChI is InChI=1S/C8H5F2N3O3/c1-16-7-4(2-11)5(13(14)15)3-12-6(7)8(9)10/h3,8H,1H3. The summed E-state index contributed by atoms with van der Waals surface area (Å²) in [4.78, 5) is 12.8. The highest BCUT2D eigenvalue weighted by atomic mass is 19.3. The molecule has 0 radical (unpaired) electrons. The third-order valence-corrected chi connectivity index (χ3v) is 1.76. The van der Waals surface area contributed by atoms with Crippen molar-refractivity contribution in [2.24, 2.45) is 0 Å². The van der Waals surface area contributed by atoms with Gasteiger partial charge in [-0.05, 0) is 0 Å². The number of nitro groups is 1. The van der Waals surface area contributed by atoms with E-state index in [4.69, 9.17) is 5.26 Å². The van der Waals surface area contributed by atoms with Gasteiger partial charge in [-0.3, -0.25) is 10.1 Å². The van der Waals surface area contributed by atoms with Gasteiger partial charge in [0.1, 0.15) is 18.0 Å². The molecule has 0 aromatic carbocycles. The summed E-state index contributed by atoms with van der Waals surface area (Å²) in [5, 5.41) is 19.2. The second kappa shape index (κ2) is 4.48. The fourth-order valence-electron chi connectivity index (χ4n) is 1.11. The molecule has 1 aromatic heterocycles. The zero-order chi connectivity index (χ0) is 12.3. The number of methoxy groups -OCH3 is 1. The number of hydrogen-bond donors (Lipinski definition) is 0. The number of aromatic nitrogens is 1. The van der Waals surface area contributed by atoms with E-state index in [1.165, 1.54) is 6.07 Å². The zero-order valence-electron chi connectivity index (χ0n) is 7.98. The topological polar surface area (TPSA) is 89.1 Å². The largest absolute Gasteiger partial charge is 0.493 e.